The Morgan fingerprint density at radius 3 is 1.75 bits per heavy atom. The molecule has 0 saturated carbocycles. The van der Waals surface area contributed by atoms with Crippen LogP contribution in [0.3, 0.4) is 0 Å². The summed E-state index contributed by atoms with van der Waals surface area (Å²) < 4.78 is 0. The molecule has 0 aromatic heterocycles. The van der Waals surface area contributed by atoms with Crippen LogP contribution in [0.1, 0.15) is 6.92 Å². The topological polar surface area (TPSA) is 94.8 Å². The van der Waals surface area contributed by atoms with Crippen LogP contribution in [0, 0.1) is 0 Å². The monoisotopic (exact) mass is 174 g/mol. The SMILES string of the molecule is C/C=C/C=C/C(=O)O.O=C(O)O. The van der Waals surface area contributed by atoms with Crippen LogP contribution in [0.5, 0.6) is 0 Å². The summed E-state index contributed by atoms with van der Waals surface area (Å²) in [6, 6.07) is 0. The molecule has 0 aliphatic carbocycles. The van der Waals surface area contributed by atoms with Gasteiger partial charge in [0.25, 0.3) is 0 Å². The van der Waals surface area contributed by atoms with E-state index in [9.17, 15) is 4.79 Å². The van der Waals surface area contributed by atoms with E-state index in [0.29, 0.717) is 0 Å². The van der Waals surface area contributed by atoms with E-state index < -0.39 is 12.1 Å². The molecule has 0 radical (unpaired) electrons. The fourth-order valence-electron chi connectivity index (χ4n) is 0.249. The number of allylic oxidation sites excluding steroid dienone is 3. The van der Waals surface area contributed by atoms with Crippen LogP contribution in [0.15, 0.2) is 24.3 Å². The van der Waals surface area contributed by atoms with Gasteiger partial charge in [-0.25, -0.2) is 9.59 Å². The predicted octanol–water partition coefficient (Wildman–Crippen LogP) is 1.43. The zero-order chi connectivity index (χ0) is 9.98. The highest BCUT2D eigenvalue weighted by molar-refractivity contribution is 5.80. The second-order valence-electron chi connectivity index (χ2n) is 1.51. The Hall–Kier alpha value is -1.78. The molecule has 0 amide bonds. The van der Waals surface area contributed by atoms with Crippen molar-refractivity contribution in [2.75, 3.05) is 0 Å². The predicted molar refractivity (Wildman–Crippen MR) is 42.2 cm³/mol. The van der Waals surface area contributed by atoms with Crippen molar-refractivity contribution in [1.82, 2.24) is 0 Å². The van der Waals surface area contributed by atoms with E-state index >= 15 is 0 Å². The zero-order valence-electron chi connectivity index (χ0n) is 6.47. The number of rotatable bonds is 2. The van der Waals surface area contributed by atoms with Gasteiger partial charge >= 0.3 is 12.1 Å². The Morgan fingerprint density at radius 2 is 1.50 bits per heavy atom. The number of aliphatic carboxylic acids is 1. The summed E-state index contributed by atoms with van der Waals surface area (Å²) in [6.07, 6.45) is 4.15. The molecule has 0 rings (SSSR count). The Balaban J connectivity index is 0. The molecule has 0 aliphatic rings. The summed E-state index contributed by atoms with van der Waals surface area (Å²) in [5, 5.41) is 22.0. The van der Waals surface area contributed by atoms with E-state index in [1.165, 1.54) is 6.08 Å². The first-order valence-corrected chi connectivity index (χ1v) is 2.95. The zero-order valence-corrected chi connectivity index (χ0v) is 6.47. The van der Waals surface area contributed by atoms with Crippen LogP contribution >= 0.6 is 0 Å². The lowest BCUT2D eigenvalue weighted by atomic mass is 10.4. The number of hydrogen-bond acceptors (Lipinski definition) is 2. The van der Waals surface area contributed by atoms with Gasteiger partial charge in [0.2, 0.25) is 0 Å². The molecule has 5 nitrogen and oxygen atoms in total. The normalized spacial score (nSPS) is 9.42. The first-order valence-electron chi connectivity index (χ1n) is 2.95. The Labute approximate surface area is 69.3 Å². The van der Waals surface area contributed by atoms with Crippen LogP contribution in [0.4, 0.5) is 4.79 Å². The van der Waals surface area contributed by atoms with Crippen molar-refractivity contribution in [3.8, 4) is 0 Å². The van der Waals surface area contributed by atoms with Gasteiger partial charge in [-0.3, -0.25) is 0 Å². The van der Waals surface area contributed by atoms with Crippen molar-refractivity contribution in [2.45, 2.75) is 6.92 Å². The summed E-state index contributed by atoms with van der Waals surface area (Å²) >= 11 is 0. The van der Waals surface area contributed by atoms with Gasteiger partial charge in [0, 0.05) is 6.08 Å². The van der Waals surface area contributed by atoms with Crippen molar-refractivity contribution in [2.24, 2.45) is 0 Å². The maximum Gasteiger partial charge on any atom is 0.503 e. The number of carboxylic acid groups (broad SMARTS) is 3. The molecule has 0 aromatic carbocycles. The molecule has 0 saturated heterocycles. The van der Waals surface area contributed by atoms with Crippen molar-refractivity contribution < 1.29 is 24.9 Å². The highest BCUT2D eigenvalue weighted by Gasteiger charge is 1.78. The van der Waals surface area contributed by atoms with Gasteiger partial charge < -0.3 is 15.3 Å². The number of hydrogen-bond donors (Lipinski definition) is 3. The van der Waals surface area contributed by atoms with Gasteiger partial charge in [0.05, 0.1) is 0 Å². The third kappa shape index (κ3) is 41.3. The second kappa shape index (κ2) is 9.22. The van der Waals surface area contributed by atoms with Crippen LogP contribution in [-0.4, -0.2) is 27.4 Å². The summed E-state index contributed by atoms with van der Waals surface area (Å²) in [6.45, 7) is 1.83. The van der Waals surface area contributed by atoms with Crippen molar-refractivity contribution in [3.63, 3.8) is 0 Å². The Morgan fingerprint density at radius 1 is 1.08 bits per heavy atom. The van der Waals surface area contributed by atoms with Crippen molar-refractivity contribution in [3.05, 3.63) is 24.3 Å². The molecule has 0 spiro atoms. The number of carbonyl (C=O) groups is 2. The molecular weight excluding hydrogens is 164 g/mol. The van der Waals surface area contributed by atoms with Crippen LogP contribution in [0.25, 0.3) is 0 Å². The first kappa shape index (κ1) is 12.9. The molecule has 0 fully saturated rings. The van der Waals surface area contributed by atoms with Gasteiger partial charge in [-0.2, -0.15) is 0 Å². The minimum absolute atomic E-state index is 0.914. The summed E-state index contributed by atoms with van der Waals surface area (Å²) in [5.74, 6) is -0.914. The van der Waals surface area contributed by atoms with Gasteiger partial charge in [-0.15, -0.1) is 0 Å². The molecule has 0 bridgehead atoms. The van der Waals surface area contributed by atoms with E-state index in [4.69, 9.17) is 20.1 Å². The van der Waals surface area contributed by atoms with E-state index in [-0.39, 0.29) is 0 Å². The lowest BCUT2D eigenvalue weighted by molar-refractivity contribution is -0.131. The minimum atomic E-state index is -1.83. The summed E-state index contributed by atoms with van der Waals surface area (Å²) in [5.41, 5.74) is 0. The van der Waals surface area contributed by atoms with Gasteiger partial charge in [-0.1, -0.05) is 18.2 Å². The largest absolute Gasteiger partial charge is 0.503 e. The smallest absolute Gasteiger partial charge is 0.478 e. The quantitative estimate of drug-likeness (QED) is 0.434. The third-order valence-corrected chi connectivity index (χ3v) is 0.542. The second-order valence-corrected chi connectivity index (χ2v) is 1.51. The molecule has 68 valence electrons. The summed E-state index contributed by atoms with van der Waals surface area (Å²) in [7, 11) is 0. The van der Waals surface area contributed by atoms with Crippen LogP contribution in [0.2, 0.25) is 0 Å². The van der Waals surface area contributed by atoms with Crippen molar-refractivity contribution in [1.29, 1.82) is 0 Å². The van der Waals surface area contributed by atoms with E-state index in [0.717, 1.165) is 6.08 Å². The molecule has 0 atom stereocenters. The van der Waals surface area contributed by atoms with E-state index in [1.54, 1.807) is 12.2 Å². The van der Waals surface area contributed by atoms with E-state index in [1.807, 2.05) is 6.92 Å². The fraction of sp³-hybridized carbons (Fsp3) is 0.143. The Bertz CT molecular complexity index is 188. The molecule has 0 aromatic rings. The molecular formula is C7H10O5. The van der Waals surface area contributed by atoms with Crippen LogP contribution < -0.4 is 0 Å². The lowest BCUT2D eigenvalue weighted by Gasteiger charge is -1.72. The highest BCUT2D eigenvalue weighted by atomic mass is 16.6. The molecule has 0 unspecified atom stereocenters. The Kier molecular flexibility index (Phi) is 9.88. The maximum absolute atomic E-state index is 9.75. The molecule has 5 heteroatoms. The average Bonchev–Trinajstić information content (AvgIpc) is 1.86. The highest BCUT2D eigenvalue weighted by Crippen LogP contribution is 1.74. The fourth-order valence-corrected chi connectivity index (χ4v) is 0.249. The number of carboxylic acids is 1. The first-order chi connectivity index (χ1) is 5.50. The minimum Gasteiger partial charge on any atom is -0.478 e. The standard InChI is InChI=1S/C6H8O2.CH2O3/c1-2-3-4-5-6(7)8;2-1(3)4/h2-5H,1H3,(H,7,8);(H2,2,3,4)/b3-2+,5-4+;. The molecule has 0 heterocycles. The van der Waals surface area contributed by atoms with Crippen LogP contribution in [-0.2, 0) is 4.79 Å². The molecule has 0 aliphatic heterocycles. The summed E-state index contributed by atoms with van der Waals surface area (Å²) in [4.78, 5) is 18.3. The lowest BCUT2D eigenvalue weighted by Crippen LogP contribution is -1.83. The molecule has 12 heavy (non-hydrogen) atoms. The van der Waals surface area contributed by atoms with Gasteiger partial charge in [0.1, 0.15) is 0 Å². The average molecular weight is 174 g/mol. The van der Waals surface area contributed by atoms with E-state index in [2.05, 4.69) is 0 Å². The van der Waals surface area contributed by atoms with Crippen molar-refractivity contribution >= 4 is 12.1 Å². The molecule has 3 N–H and O–H groups in total. The maximum atomic E-state index is 9.75. The van der Waals surface area contributed by atoms with Gasteiger partial charge in [-0.05, 0) is 6.92 Å². The van der Waals surface area contributed by atoms with Gasteiger partial charge in [0.15, 0.2) is 0 Å². The third-order valence-electron chi connectivity index (χ3n) is 0.542.